The van der Waals surface area contributed by atoms with Crippen LogP contribution < -0.4 is 10.2 Å². The zero-order valence-electron chi connectivity index (χ0n) is 20.1. The van der Waals surface area contributed by atoms with Crippen molar-refractivity contribution in [3.63, 3.8) is 0 Å². The fraction of sp³-hybridized carbons (Fsp3) is 0.250. The van der Waals surface area contributed by atoms with Gasteiger partial charge in [0.25, 0.3) is 5.91 Å². The maximum Gasteiger partial charge on any atom is 0.258 e. The van der Waals surface area contributed by atoms with Gasteiger partial charge in [-0.1, -0.05) is 30.3 Å². The fourth-order valence-corrected chi connectivity index (χ4v) is 5.07. The minimum atomic E-state index is -0.269. The molecular formula is C28H25N7O2. The standard InChI is InChI=1S/C28H25N7O2/c29-17-20-8-6-19(7-9-20)16-23(36)35-15-14-34(18-28(35)11-12-28)25-22-10-13-30-24(22)31-27(32-25)33-26(37)21-4-2-1-3-5-21/h1-10,13H,11-12,14-16,18H2,(H2,30,31,32,33,37). The normalized spacial score (nSPS) is 16.0. The molecule has 0 atom stereocenters. The van der Waals surface area contributed by atoms with E-state index < -0.39 is 0 Å². The molecule has 9 heteroatoms. The van der Waals surface area contributed by atoms with Gasteiger partial charge in [-0.3, -0.25) is 14.9 Å². The number of amides is 2. The summed E-state index contributed by atoms with van der Waals surface area (Å²) in [4.78, 5) is 42.6. The van der Waals surface area contributed by atoms with Crippen LogP contribution in [-0.4, -0.2) is 56.8 Å². The van der Waals surface area contributed by atoms with Crippen molar-refractivity contribution in [2.45, 2.75) is 24.8 Å². The number of rotatable bonds is 5. The van der Waals surface area contributed by atoms with E-state index in [2.05, 4.69) is 26.3 Å². The van der Waals surface area contributed by atoms with Crippen LogP contribution in [0.15, 0.2) is 66.9 Å². The number of piperazine rings is 1. The lowest BCUT2D eigenvalue weighted by Gasteiger charge is -2.43. The molecule has 0 unspecified atom stereocenters. The van der Waals surface area contributed by atoms with E-state index in [0.717, 1.165) is 29.6 Å². The Bertz CT molecular complexity index is 1520. The van der Waals surface area contributed by atoms with Crippen LogP contribution in [-0.2, 0) is 11.2 Å². The molecule has 2 aliphatic rings. The van der Waals surface area contributed by atoms with E-state index in [-0.39, 0.29) is 23.3 Å². The largest absolute Gasteiger partial charge is 0.352 e. The molecule has 2 fully saturated rings. The molecule has 1 aliphatic carbocycles. The number of H-pyrrole nitrogens is 1. The first-order chi connectivity index (χ1) is 18.0. The predicted molar refractivity (Wildman–Crippen MR) is 139 cm³/mol. The maximum atomic E-state index is 13.3. The van der Waals surface area contributed by atoms with E-state index in [9.17, 15) is 9.59 Å². The van der Waals surface area contributed by atoms with Gasteiger partial charge in [0.15, 0.2) is 0 Å². The van der Waals surface area contributed by atoms with Crippen molar-refractivity contribution in [3.8, 4) is 6.07 Å². The van der Waals surface area contributed by atoms with Crippen LogP contribution >= 0.6 is 0 Å². The fourth-order valence-electron chi connectivity index (χ4n) is 5.07. The SMILES string of the molecule is N#Cc1ccc(CC(=O)N2CCN(c3nc(NC(=O)c4ccccc4)nc4[nH]ccc34)CC23CC3)cc1. The number of nitriles is 1. The quantitative estimate of drug-likeness (QED) is 0.441. The highest BCUT2D eigenvalue weighted by Gasteiger charge is 2.53. The number of aromatic amines is 1. The van der Waals surface area contributed by atoms with E-state index in [1.54, 1.807) is 24.3 Å². The molecule has 4 aromatic rings. The van der Waals surface area contributed by atoms with Crippen molar-refractivity contribution in [1.82, 2.24) is 19.9 Å². The Morgan fingerprint density at radius 3 is 2.54 bits per heavy atom. The van der Waals surface area contributed by atoms with E-state index in [0.29, 0.717) is 42.8 Å². The highest BCUT2D eigenvalue weighted by Crippen LogP contribution is 2.45. The minimum Gasteiger partial charge on any atom is -0.352 e. The number of carbonyl (C=O) groups is 2. The number of nitrogens with one attached hydrogen (secondary N) is 2. The molecule has 37 heavy (non-hydrogen) atoms. The number of aromatic nitrogens is 3. The zero-order valence-corrected chi connectivity index (χ0v) is 20.1. The molecule has 1 aliphatic heterocycles. The Labute approximate surface area is 213 Å². The van der Waals surface area contributed by atoms with Crippen molar-refractivity contribution >= 4 is 34.6 Å². The minimum absolute atomic E-state index is 0.104. The Morgan fingerprint density at radius 1 is 1.03 bits per heavy atom. The molecule has 2 aromatic heterocycles. The average Bonchev–Trinajstić information content (AvgIpc) is 3.51. The smallest absolute Gasteiger partial charge is 0.258 e. The summed E-state index contributed by atoms with van der Waals surface area (Å²) < 4.78 is 0. The summed E-state index contributed by atoms with van der Waals surface area (Å²) in [6.07, 6.45) is 4.03. The van der Waals surface area contributed by atoms with Crippen LogP contribution in [0.3, 0.4) is 0 Å². The third-order valence-electron chi connectivity index (χ3n) is 7.17. The monoisotopic (exact) mass is 491 g/mol. The van der Waals surface area contributed by atoms with Crippen LogP contribution in [0.1, 0.15) is 34.3 Å². The molecular weight excluding hydrogens is 466 g/mol. The summed E-state index contributed by atoms with van der Waals surface area (Å²) in [5, 5.41) is 12.7. The van der Waals surface area contributed by atoms with Gasteiger partial charge in [-0.25, -0.2) is 0 Å². The molecule has 0 bridgehead atoms. The summed E-state index contributed by atoms with van der Waals surface area (Å²) >= 11 is 0. The second kappa shape index (κ2) is 9.06. The lowest BCUT2D eigenvalue weighted by atomic mass is 10.1. The number of nitrogens with zero attached hydrogens (tertiary/aromatic N) is 5. The van der Waals surface area contributed by atoms with Crippen LogP contribution in [0.4, 0.5) is 11.8 Å². The second-order valence-corrected chi connectivity index (χ2v) is 9.61. The van der Waals surface area contributed by atoms with Crippen molar-refractivity contribution in [2.75, 3.05) is 29.9 Å². The van der Waals surface area contributed by atoms with Gasteiger partial charge in [0.05, 0.1) is 29.0 Å². The summed E-state index contributed by atoms with van der Waals surface area (Å²) in [5.41, 5.74) is 2.47. The van der Waals surface area contributed by atoms with Crippen molar-refractivity contribution in [2.24, 2.45) is 0 Å². The van der Waals surface area contributed by atoms with Gasteiger partial charge in [-0.2, -0.15) is 15.2 Å². The van der Waals surface area contributed by atoms with Gasteiger partial charge in [-0.15, -0.1) is 0 Å². The first-order valence-electron chi connectivity index (χ1n) is 12.3. The van der Waals surface area contributed by atoms with E-state index in [4.69, 9.17) is 10.2 Å². The highest BCUT2D eigenvalue weighted by molar-refractivity contribution is 6.04. The molecule has 184 valence electrons. The Kier molecular flexibility index (Phi) is 5.57. The van der Waals surface area contributed by atoms with E-state index in [1.165, 1.54) is 0 Å². The third kappa shape index (κ3) is 4.38. The first-order valence-corrected chi connectivity index (χ1v) is 12.3. The summed E-state index contributed by atoms with van der Waals surface area (Å²) in [7, 11) is 0. The molecule has 2 aromatic carbocycles. The molecule has 1 saturated heterocycles. The van der Waals surface area contributed by atoms with Crippen LogP contribution in [0.25, 0.3) is 11.0 Å². The number of anilines is 2. The van der Waals surface area contributed by atoms with Crippen LogP contribution in [0, 0.1) is 11.3 Å². The zero-order chi connectivity index (χ0) is 25.4. The number of fused-ring (bicyclic) bond motifs is 1. The van der Waals surface area contributed by atoms with Gasteiger partial charge < -0.3 is 14.8 Å². The van der Waals surface area contributed by atoms with E-state index in [1.807, 2.05) is 47.5 Å². The van der Waals surface area contributed by atoms with Gasteiger partial charge in [0, 0.05) is 31.4 Å². The Morgan fingerprint density at radius 2 is 1.81 bits per heavy atom. The molecule has 0 radical (unpaired) electrons. The second-order valence-electron chi connectivity index (χ2n) is 9.61. The maximum absolute atomic E-state index is 13.3. The van der Waals surface area contributed by atoms with Crippen molar-refractivity contribution in [3.05, 3.63) is 83.6 Å². The molecule has 2 N–H and O–H groups in total. The Hall–Kier alpha value is -4.71. The van der Waals surface area contributed by atoms with Crippen molar-refractivity contribution in [1.29, 1.82) is 5.26 Å². The summed E-state index contributed by atoms with van der Waals surface area (Å²) in [5.74, 6) is 0.824. The molecule has 3 heterocycles. The van der Waals surface area contributed by atoms with Gasteiger partial charge >= 0.3 is 0 Å². The summed E-state index contributed by atoms with van der Waals surface area (Å²) in [6.45, 7) is 1.90. The first kappa shape index (κ1) is 22.7. The van der Waals surface area contributed by atoms with Gasteiger partial charge in [0.1, 0.15) is 11.5 Å². The molecule has 6 rings (SSSR count). The highest BCUT2D eigenvalue weighted by atomic mass is 16.2. The van der Waals surface area contributed by atoms with Crippen LogP contribution in [0.5, 0.6) is 0 Å². The van der Waals surface area contributed by atoms with Crippen molar-refractivity contribution < 1.29 is 9.59 Å². The average molecular weight is 492 g/mol. The molecule has 1 saturated carbocycles. The van der Waals surface area contributed by atoms with Crippen LogP contribution in [0.2, 0.25) is 0 Å². The topological polar surface area (TPSA) is 118 Å². The predicted octanol–water partition coefficient (Wildman–Crippen LogP) is 3.51. The molecule has 9 nitrogen and oxygen atoms in total. The molecule has 2 amide bonds. The lowest BCUT2D eigenvalue weighted by Crippen LogP contribution is -2.57. The Balaban J connectivity index is 1.21. The molecule has 1 spiro atoms. The number of hydrogen-bond acceptors (Lipinski definition) is 6. The summed E-state index contributed by atoms with van der Waals surface area (Å²) in [6, 6.07) is 20.2. The van der Waals surface area contributed by atoms with Gasteiger partial charge in [-0.05, 0) is 48.7 Å². The number of carbonyl (C=O) groups excluding carboxylic acids is 2. The number of hydrogen-bond donors (Lipinski definition) is 2. The third-order valence-corrected chi connectivity index (χ3v) is 7.17. The number of benzene rings is 2. The van der Waals surface area contributed by atoms with E-state index >= 15 is 0 Å². The van der Waals surface area contributed by atoms with Gasteiger partial charge in [0.2, 0.25) is 11.9 Å². The lowest BCUT2D eigenvalue weighted by molar-refractivity contribution is -0.134.